The van der Waals surface area contributed by atoms with Gasteiger partial charge in [0.1, 0.15) is 0 Å². The standard InChI is InChI=1S/C19H25Br/c1-13-2-4-14(5-3-13)9-18(20)19-10-15-6-16(11-19)8-17(7-15)12-19/h2-5,15-18H,6-12H2,1H3. The smallest absolute Gasteiger partial charge is 0.0242 e. The van der Waals surface area contributed by atoms with Gasteiger partial charge in [0.15, 0.2) is 0 Å². The molecular formula is C19H25Br. The van der Waals surface area contributed by atoms with Gasteiger partial charge in [-0.2, -0.15) is 0 Å². The summed E-state index contributed by atoms with van der Waals surface area (Å²) in [6.45, 7) is 2.18. The van der Waals surface area contributed by atoms with Crippen LogP contribution >= 0.6 is 15.9 Å². The first-order valence-corrected chi connectivity index (χ1v) is 9.24. The van der Waals surface area contributed by atoms with Crippen molar-refractivity contribution < 1.29 is 0 Å². The molecule has 0 saturated heterocycles. The van der Waals surface area contributed by atoms with Crippen LogP contribution in [0.1, 0.15) is 49.7 Å². The highest BCUT2D eigenvalue weighted by Gasteiger charge is 2.53. The van der Waals surface area contributed by atoms with Crippen LogP contribution in [-0.2, 0) is 6.42 Å². The predicted molar refractivity (Wildman–Crippen MR) is 88.2 cm³/mol. The van der Waals surface area contributed by atoms with E-state index in [-0.39, 0.29) is 0 Å². The second kappa shape index (κ2) is 4.87. The fourth-order valence-corrected chi connectivity index (χ4v) is 6.64. The van der Waals surface area contributed by atoms with E-state index in [2.05, 4.69) is 47.1 Å². The van der Waals surface area contributed by atoms with Crippen LogP contribution in [0.15, 0.2) is 24.3 Å². The summed E-state index contributed by atoms with van der Waals surface area (Å²) >= 11 is 4.12. The molecule has 1 unspecified atom stereocenters. The van der Waals surface area contributed by atoms with Gasteiger partial charge >= 0.3 is 0 Å². The van der Waals surface area contributed by atoms with Crippen LogP contribution in [0, 0.1) is 30.1 Å². The largest absolute Gasteiger partial charge is 0.0881 e. The molecule has 108 valence electrons. The minimum atomic E-state index is 0.625. The van der Waals surface area contributed by atoms with E-state index < -0.39 is 0 Å². The van der Waals surface area contributed by atoms with Crippen molar-refractivity contribution in [2.75, 3.05) is 0 Å². The number of benzene rings is 1. The first-order chi connectivity index (χ1) is 9.63. The Kier molecular flexibility index (Phi) is 3.25. The van der Waals surface area contributed by atoms with Gasteiger partial charge in [-0.3, -0.25) is 0 Å². The summed E-state index contributed by atoms with van der Waals surface area (Å²) in [4.78, 5) is 0.686. The monoisotopic (exact) mass is 332 g/mol. The number of halogens is 1. The highest BCUT2D eigenvalue weighted by atomic mass is 79.9. The van der Waals surface area contributed by atoms with Crippen LogP contribution in [0.2, 0.25) is 0 Å². The molecule has 1 aromatic carbocycles. The SMILES string of the molecule is Cc1ccc(CC(Br)C23CC4CC(CC(C4)C2)C3)cc1. The highest BCUT2D eigenvalue weighted by Crippen LogP contribution is 2.62. The Bertz CT molecular complexity index is 452. The Hall–Kier alpha value is -0.300. The Morgan fingerprint density at radius 3 is 2.00 bits per heavy atom. The Labute approximate surface area is 131 Å². The third kappa shape index (κ3) is 2.26. The highest BCUT2D eigenvalue weighted by molar-refractivity contribution is 9.09. The van der Waals surface area contributed by atoms with Crippen molar-refractivity contribution in [1.82, 2.24) is 0 Å². The molecule has 0 aromatic heterocycles. The molecule has 4 fully saturated rings. The van der Waals surface area contributed by atoms with Crippen LogP contribution in [0.5, 0.6) is 0 Å². The average molecular weight is 333 g/mol. The van der Waals surface area contributed by atoms with Crippen LogP contribution in [0.25, 0.3) is 0 Å². The Balaban J connectivity index is 1.53. The second-order valence-electron chi connectivity index (χ2n) is 7.94. The van der Waals surface area contributed by atoms with E-state index in [1.807, 2.05) is 0 Å². The fraction of sp³-hybridized carbons (Fsp3) is 0.684. The number of alkyl halides is 1. The van der Waals surface area contributed by atoms with Gasteiger partial charge < -0.3 is 0 Å². The van der Waals surface area contributed by atoms with Gasteiger partial charge in [0, 0.05) is 4.83 Å². The molecule has 0 aliphatic heterocycles. The molecule has 4 aliphatic carbocycles. The molecule has 0 nitrogen and oxygen atoms in total. The summed E-state index contributed by atoms with van der Waals surface area (Å²) in [6, 6.07) is 9.16. The molecule has 0 spiro atoms. The lowest BCUT2D eigenvalue weighted by molar-refractivity contribution is -0.0522. The molecule has 5 rings (SSSR count). The van der Waals surface area contributed by atoms with Crippen LogP contribution < -0.4 is 0 Å². The molecule has 1 atom stereocenters. The van der Waals surface area contributed by atoms with Gasteiger partial charge in [-0.1, -0.05) is 45.8 Å². The number of hydrogen-bond donors (Lipinski definition) is 0. The lowest BCUT2D eigenvalue weighted by atomic mass is 9.48. The maximum absolute atomic E-state index is 4.12. The van der Waals surface area contributed by atoms with Crippen molar-refractivity contribution >= 4 is 15.9 Å². The summed E-state index contributed by atoms with van der Waals surface area (Å²) in [5.74, 6) is 3.16. The molecule has 1 heteroatoms. The van der Waals surface area contributed by atoms with Crippen molar-refractivity contribution in [3.05, 3.63) is 35.4 Å². The average Bonchev–Trinajstić information content (AvgIpc) is 2.40. The van der Waals surface area contributed by atoms with Gasteiger partial charge in [-0.15, -0.1) is 0 Å². The van der Waals surface area contributed by atoms with Crippen LogP contribution in [0.3, 0.4) is 0 Å². The number of hydrogen-bond acceptors (Lipinski definition) is 0. The van der Waals surface area contributed by atoms with E-state index in [1.165, 1.54) is 36.8 Å². The molecule has 0 radical (unpaired) electrons. The Morgan fingerprint density at radius 2 is 1.50 bits per heavy atom. The van der Waals surface area contributed by atoms with E-state index in [4.69, 9.17) is 0 Å². The quantitative estimate of drug-likeness (QED) is 0.639. The third-order valence-corrected chi connectivity index (χ3v) is 7.58. The summed E-state index contributed by atoms with van der Waals surface area (Å²) in [6.07, 6.45) is 10.4. The molecular weight excluding hydrogens is 308 g/mol. The van der Waals surface area contributed by atoms with E-state index >= 15 is 0 Å². The van der Waals surface area contributed by atoms with E-state index in [0.717, 1.165) is 17.8 Å². The van der Waals surface area contributed by atoms with Gasteiger partial charge in [0.25, 0.3) is 0 Å². The molecule has 4 bridgehead atoms. The van der Waals surface area contributed by atoms with Gasteiger partial charge in [-0.25, -0.2) is 0 Å². The summed E-state index contributed by atoms with van der Waals surface area (Å²) in [5, 5.41) is 0. The van der Waals surface area contributed by atoms with Gasteiger partial charge in [-0.05, 0) is 80.6 Å². The van der Waals surface area contributed by atoms with Crippen molar-refractivity contribution in [1.29, 1.82) is 0 Å². The summed E-state index contributed by atoms with van der Waals surface area (Å²) < 4.78 is 0. The van der Waals surface area contributed by atoms with Crippen molar-refractivity contribution in [3.8, 4) is 0 Å². The molecule has 20 heavy (non-hydrogen) atoms. The van der Waals surface area contributed by atoms with Gasteiger partial charge in [0.05, 0.1) is 0 Å². The van der Waals surface area contributed by atoms with Crippen molar-refractivity contribution in [2.45, 2.75) is 56.7 Å². The van der Waals surface area contributed by atoms with E-state index in [9.17, 15) is 0 Å². The van der Waals surface area contributed by atoms with Crippen molar-refractivity contribution in [3.63, 3.8) is 0 Å². The zero-order valence-corrected chi connectivity index (χ0v) is 14.0. The Morgan fingerprint density at radius 1 is 1.00 bits per heavy atom. The fourth-order valence-electron chi connectivity index (χ4n) is 5.71. The van der Waals surface area contributed by atoms with Crippen molar-refractivity contribution in [2.24, 2.45) is 23.2 Å². The lowest BCUT2D eigenvalue weighted by Gasteiger charge is -2.58. The molecule has 0 heterocycles. The molecule has 1 aromatic rings. The maximum Gasteiger partial charge on any atom is 0.0242 e. The van der Waals surface area contributed by atoms with E-state index in [1.54, 1.807) is 19.3 Å². The minimum Gasteiger partial charge on any atom is -0.0881 e. The second-order valence-corrected chi connectivity index (χ2v) is 9.04. The molecule has 4 saturated carbocycles. The predicted octanol–water partition coefficient (Wildman–Crippen LogP) is 5.52. The zero-order valence-electron chi connectivity index (χ0n) is 12.4. The lowest BCUT2D eigenvalue weighted by Crippen LogP contribution is -2.50. The molecule has 4 aliphatic rings. The maximum atomic E-state index is 4.12. The minimum absolute atomic E-state index is 0.625. The van der Waals surface area contributed by atoms with Gasteiger partial charge in [0.2, 0.25) is 0 Å². The molecule has 0 N–H and O–H groups in total. The first-order valence-electron chi connectivity index (χ1n) is 8.32. The normalized spacial score (nSPS) is 40.0. The number of rotatable bonds is 3. The van der Waals surface area contributed by atoms with Crippen LogP contribution in [-0.4, -0.2) is 4.83 Å². The molecule has 0 amide bonds. The van der Waals surface area contributed by atoms with E-state index in [0.29, 0.717) is 10.2 Å². The topological polar surface area (TPSA) is 0 Å². The number of aryl methyl sites for hydroxylation is 1. The summed E-state index contributed by atoms with van der Waals surface area (Å²) in [7, 11) is 0. The third-order valence-electron chi connectivity index (χ3n) is 6.29. The summed E-state index contributed by atoms with van der Waals surface area (Å²) in [5.41, 5.74) is 3.50. The first kappa shape index (κ1) is 13.4. The van der Waals surface area contributed by atoms with Crippen LogP contribution in [0.4, 0.5) is 0 Å². The zero-order chi connectivity index (χ0) is 13.7.